The first-order valence-corrected chi connectivity index (χ1v) is 27.2. The molecule has 2 saturated heterocycles. The topological polar surface area (TPSA) is 147 Å². The van der Waals surface area contributed by atoms with E-state index in [2.05, 4.69) is 0 Å². The molecular weight excluding hydrogens is 1010 g/mol. The van der Waals surface area contributed by atoms with Gasteiger partial charge in [0.15, 0.2) is 12.4 Å². The average molecular weight is 1080 g/mol. The number of carboxylic acid groups (broad SMARTS) is 1. The predicted octanol–water partition coefficient (Wildman–Crippen LogP) is 11.2. The Morgan fingerprint density at radius 2 is 0.756 bits per heavy atom. The Balaban J connectivity index is 1.14. The number of thioether (sulfide) groups is 1. The van der Waals surface area contributed by atoms with E-state index in [-0.39, 0.29) is 52.7 Å². The van der Waals surface area contributed by atoms with Crippen LogP contribution in [-0.2, 0) is 96.6 Å². The lowest BCUT2D eigenvalue weighted by Gasteiger charge is -2.50. The third-order valence-electron chi connectivity index (χ3n) is 13.2. The highest BCUT2D eigenvalue weighted by Gasteiger charge is 2.55. The van der Waals surface area contributed by atoms with Crippen LogP contribution in [0.2, 0.25) is 0 Å². The van der Waals surface area contributed by atoms with Crippen LogP contribution in [0, 0.1) is 0 Å². The molecule has 0 bridgehead atoms. The highest BCUT2D eigenvalue weighted by Crippen LogP contribution is 2.40. The zero-order chi connectivity index (χ0) is 53.6. The van der Waals surface area contributed by atoms with Gasteiger partial charge in [0.25, 0.3) is 0 Å². The number of aliphatic carboxylic acids is 1. The van der Waals surface area contributed by atoms with Gasteiger partial charge in [0.1, 0.15) is 48.2 Å². The molecule has 14 heteroatoms. The molecule has 0 aromatic heterocycles. The van der Waals surface area contributed by atoms with E-state index in [1.165, 1.54) is 11.8 Å². The largest absolute Gasteiger partial charge is 0.481 e. The van der Waals surface area contributed by atoms with Crippen molar-refractivity contribution in [1.82, 2.24) is 0 Å². The van der Waals surface area contributed by atoms with Gasteiger partial charge in [0, 0.05) is 4.90 Å². The summed E-state index contributed by atoms with van der Waals surface area (Å²) in [5, 5.41) is 9.66. The molecule has 78 heavy (non-hydrogen) atoms. The fourth-order valence-electron chi connectivity index (χ4n) is 9.29. The van der Waals surface area contributed by atoms with Crippen LogP contribution in [0.25, 0.3) is 0 Å². The van der Waals surface area contributed by atoms with Gasteiger partial charge in [-0.15, -0.1) is 0 Å². The Morgan fingerprint density at radius 1 is 0.397 bits per heavy atom. The van der Waals surface area contributed by atoms with Crippen molar-refractivity contribution in [3.8, 4) is 0 Å². The quantitative estimate of drug-likeness (QED) is 0.0464. The summed E-state index contributed by atoms with van der Waals surface area (Å²) in [5.41, 5.74) is 4.68. The second kappa shape index (κ2) is 30.0. The highest BCUT2D eigenvalue weighted by atomic mass is 32.2. The van der Waals surface area contributed by atoms with Crippen molar-refractivity contribution in [3.05, 3.63) is 246 Å². The molecule has 7 aromatic rings. The Labute approximate surface area is 460 Å². The first kappa shape index (κ1) is 56.2. The smallest absolute Gasteiger partial charge is 0.306 e. The van der Waals surface area contributed by atoms with Gasteiger partial charge in [-0.25, -0.2) is 0 Å². The molecule has 0 amide bonds. The maximum absolute atomic E-state index is 13.9. The number of rotatable bonds is 28. The fraction of sp³-hybridized carbons (Fsp3) is 0.312. The monoisotopic (exact) mass is 1070 g/mol. The highest BCUT2D eigenvalue weighted by molar-refractivity contribution is 7.99. The van der Waals surface area contributed by atoms with Crippen molar-refractivity contribution in [2.45, 2.75) is 118 Å². The third-order valence-corrected chi connectivity index (χ3v) is 14.4. The summed E-state index contributed by atoms with van der Waals surface area (Å²) >= 11 is 1.35. The van der Waals surface area contributed by atoms with Gasteiger partial charge in [0.05, 0.1) is 65.7 Å². The number of esters is 1. The SMILES string of the molecule is O=C(O)CCC(=O)O[C@@H]1[C@@H](OCc2ccccc2)[C@H](O[C@H]2O[C@H](COCc3ccccc3)[C@@H](OCc3ccccc3)[C@H](OCc3ccccc3)[C@H]2OCc2ccccc2)[C@@H](COCc2ccccc2)O[C@H]1Sc1ccccc1. The standard InChI is InChI=1S/C64H66O13S/c65-55(66)36-37-56(67)76-62-60(72-42-50-30-16-5-17-31-50)58(54(45-69-39-47-24-10-2-11-25-47)75-64(62)78-52-34-20-7-21-35-52)77-63-61(73-43-51-32-18-6-19-33-51)59(71-41-49-28-14-4-15-29-49)57(70-40-48-26-12-3-13-27-48)53(74-63)44-68-38-46-22-8-1-9-23-46/h1-35,53-54,57-64H,36-45H2,(H,65,66)/t53-,54-,57-,58-,59+,60+,61-,62-,63-,64+/m1/s1. The third kappa shape index (κ3) is 17.0. The molecule has 13 nitrogen and oxygen atoms in total. The number of carbonyl (C=O) groups excluding carboxylic acids is 1. The summed E-state index contributed by atoms with van der Waals surface area (Å²) in [7, 11) is 0. The summed E-state index contributed by atoms with van der Waals surface area (Å²) in [6.07, 6.45) is -9.63. The molecule has 2 fully saturated rings. The van der Waals surface area contributed by atoms with Gasteiger partial charge < -0.3 is 52.5 Å². The zero-order valence-electron chi connectivity index (χ0n) is 43.3. The maximum atomic E-state index is 13.9. The number of benzene rings is 7. The van der Waals surface area contributed by atoms with Crippen molar-refractivity contribution in [2.75, 3.05) is 13.2 Å². The van der Waals surface area contributed by atoms with Crippen LogP contribution in [0.5, 0.6) is 0 Å². The van der Waals surface area contributed by atoms with Gasteiger partial charge in [-0.1, -0.05) is 212 Å². The van der Waals surface area contributed by atoms with E-state index in [0.717, 1.165) is 38.3 Å². The van der Waals surface area contributed by atoms with Crippen molar-refractivity contribution < 1.29 is 62.1 Å². The molecular formula is C64H66O13S. The lowest BCUT2D eigenvalue weighted by atomic mass is 9.96. The average Bonchev–Trinajstić information content (AvgIpc) is 3.51. The molecule has 0 radical (unpaired) electrons. The molecule has 7 aromatic carbocycles. The second-order valence-electron chi connectivity index (χ2n) is 19.0. The number of carbonyl (C=O) groups is 2. The van der Waals surface area contributed by atoms with E-state index in [0.29, 0.717) is 6.61 Å². The Morgan fingerprint density at radius 3 is 1.18 bits per heavy atom. The fourth-order valence-corrected chi connectivity index (χ4v) is 10.4. The first-order chi connectivity index (χ1) is 38.4. The van der Waals surface area contributed by atoms with E-state index in [1.807, 2.05) is 212 Å². The van der Waals surface area contributed by atoms with Crippen LogP contribution in [0.15, 0.2) is 217 Å². The minimum atomic E-state index is -1.23. The van der Waals surface area contributed by atoms with Crippen LogP contribution >= 0.6 is 11.8 Å². The van der Waals surface area contributed by atoms with Gasteiger partial charge in [-0.05, 0) is 45.5 Å². The summed E-state index contributed by atoms with van der Waals surface area (Å²) in [6, 6.07) is 68.7. The van der Waals surface area contributed by atoms with Gasteiger partial charge in [-0.3, -0.25) is 9.59 Å². The molecule has 0 spiro atoms. The van der Waals surface area contributed by atoms with Gasteiger partial charge in [0.2, 0.25) is 0 Å². The Bertz CT molecular complexity index is 2800. The van der Waals surface area contributed by atoms with Crippen LogP contribution in [0.1, 0.15) is 46.2 Å². The van der Waals surface area contributed by atoms with E-state index >= 15 is 0 Å². The molecule has 2 heterocycles. The Hall–Kier alpha value is -6.53. The number of hydrogen-bond donors (Lipinski definition) is 1. The first-order valence-electron chi connectivity index (χ1n) is 26.4. The van der Waals surface area contributed by atoms with Crippen molar-refractivity contribution >= 4 is 23.7 Å². The molecule has 0 aliphatic carbocycles. The van der Waals surface area contributed by atoms with Crippen molar-refractivity contribution in [1.29, 1.82) is 0 Å². The molecule has 2 aliphatic rings. The summed E-state index contributed by atoms with van der Waals surface area (Å²) < 4.78 is 69.4. The second-order valence-corrected chi connectivity index (χ2v) is 20.2. The molecule has 0 saturated carbocycles. The van der Waals surface area contributed by atoms with Gasteiger partial charge >= 0.3 is 11.9 Å². The zero-order valence-corrected chi connectivity index (χ0v) is 44.1. The van der Waals surface area contributed by atoms with Crippen LogP contribution in [-0.4, -0.2) is 90.8 Å². The summed E-state index contributed by atoms with van der Waals surface area (Å²) in [6.45, 7) is 1.30. The number of hydrogen-bond acceptors (Lipinski definition) is 13. The van der Waals surface area contributed by atoms with Gasteiger partial charge in [-0.2, -0.15) is 0 Å². The predicted molar refractivity (Wildman–Crippen MR) is 294 cm³/mol. The Kier molecular flexibility index (Phi) is 21.6. The van der Waals surface area contributed by atoms with E-state index in [4.69, 9.17) is 47.4 Å². The molecule has 10 atom stereocenters. The van der Waals surface area contributed by atoms with Crippen LogP contribution in [0.3, 0.4) is 0 Å². The lowest BCUT2D eigenvalue weighted by molar-refractivity contribution is -0.358. The molecule has 9 rings (SSSR count). The minimum absolute atomic E-state index is 0.0128. The van der Waals surface area contributed by atoms with E-state index < -0.39 is 78.9 Å². The lowest BCUT2D eigenvalue weighted by Crippen LogP contribution is -2.66. The van der Waals surface area contributed by atoms with E-state index in [9.17, 15) is 14.7 Å². The van der Waals surface area contributed by atoms with Crippen molar-refractivity contribution in [3.63, 3.8) is 0 Å². The maximum Gasteiger partial charge on any atom is 0.306 e. The van der Waals surface area contributed by atoms with Crippen LogP contribution in [0.4, 0.5) is 0 Å². The minimum Gasteiger partial charge on any atom is -0.481 e. The summed E-state index contributed by atoms with van der Waals surface area (Å²) in [5.74, 6) is -1.87. The van der Waals surface area contributed by atoms with Crippen molar-refractivity contribution in [2.24, 2.45) is 0 Å². The number of ether oxygens (including phenoxy) is 10. The molecule has 1 N–H and O–H groups in total. The molecule has 2 aliphatic heterocycles. The molecule has 406 valence electrons. The van der Waals surface area contributed by atoms with E-state index in [1.54, 1.807) is 0 Å². The number of carboxylic acids is 1. The molecule has 0 unspecified atom stereocenters. The summed E-state index contributed by atoms with van der Waals surface area (Å²) in [4.78, 5) is 26.6. The van der Waals surface area contributed by atoms with Crippen LogP contribution < -0.4 is 0 Å². The normalized spacial score (nSPS) is 23.1.